The molecule has 2 aromatic rings. The molecular formula is C18H18O2S. The van der Waals surface area contributed by atoms with E-state index in [1.165, 1.54) is 28.0 Å². The number of hydrogen-bond acceptors (Lipinski definition) is 3. The molecule has 0 amide bonds. The van der Waals surface area contributed by atoms with Gasteiger partial charge >= 0.3 is 5.97 Å². The number of benzene rings is 1. The zero-order valence-corrected chi connectivity index (χ0v) is 13.3. The molecule has 0 aliphatic heterocycles. The van der Waals surface area contributed by atoms with Crippen molar-refractivity contribution in [3.63, 3.8) is 0 Å². The maximum atomic E-state index is 12.0. The predicted octanol–water partition coefficient (Wildman–Crippen LogP) is 4.95. The van der Waals surface area contributed by atoms with Crippen LogP contribution in [0.3, 0.4) is 0 Å². The second-order valence-corrected chi connectivity index (χ2v) is 7.13. The zero-order valence-electron chi connectivity index (χ0n) is 12.5. The van der Waals surface area contributed by atoms with Gasteiger partial charge in [-0.3, -0.25) is 0 Å². The Kier molecular flexibility index (Phi) is 3.46. The van der Waals surface area contributed by atoms with Crippen molar-refractivity contribution < 1.29 is 9.53 Å². The predicted molar refractivity (Wildman–Crippen MR) is 86.9 cm³/mol. The van der Waals surface area contributed by atoms with E-state index in [0.717, 1.165) is 6.42 Å². The average molecular weight is 298 g/mol. The van der Waals surface area contributed by atoms with Gasteiger partial charge in [0.05, 0.1) is 0 Å². The summed E-state index contributed by atoms with van der Waals surface area (Å²) < 4.78 is 5.47. The Morgan fingerprint density at radius 2 is 2.10 bits per heavy atom. The molecule has 0 unspecified atom stereocenters. The molecule has 1 aromatic heterocycles. The van der Waals surface area contributed by atoms with E-state index in [0.29, 0.717) is 10.6 Å². The van der Waals surface area contributed by atoms with E-state index in [2.05, 4.69) is 32.9 Å². The molecule has 1 heterocycles. The summed E-state index contributed by atoms with van der Waals surface area (Å²) in [6.45, 7) is 6.60. The third-order valence-corrected chi connectivity index (χ3v) is 4.54. The minimum atomic E-state index is -0.289. The van der Waals surface area contributed by atoms with Gasteiger partial charge in [0.2, 0.25) is 0 Å². The van der Waals surface area contributed by atoms with Crippen molar-refractivity contribution in [1.82, 2.24) is 0 Å². The first-order valence-electron chi connectivity index (χ1n) is 7.03. The van der Waals surface area contributed by atoms with Gasteiger partial charge in [-0.15, -0.1) is 11.3 Å². The number of ether oxygens (including phenoxy) is 1. The van der Waals surface area contributed by atoms with Crippen LogP contribution in [-0.2, 0) is 6.42 Å². The number of fused-ring (bicyclic) bond motifs is 1. The number of carbonyl (C=O) groups is 1. The van der Waals surface area contributed by atoms with Crippen molar-refractivity contribution in [2.45, 2.75) is 27.2 Å². The lowest BCUT2D eigenvalue weighted by atomic mass is 9.76. The van der Waals surface area contributed by atoms with Gasteiger partial charge in [0, 0.05) is 0 Å². The third-order valence-electron chi connectivity index (χ3n) is 3.69. The standard InChI is InChI=1S/C18H18O2S/c1-12-10-18(2,3)11-13-6-7-14(9-15(12)13)20-17(19)16-5-4-8-21-16/h4-10H,11H2,1-3H3. The number of allylic oxidation sites excluding steroid dienone is 2. The fourth-order valence-corrected chi connectivity index (χ4v) is 3.50. The number of hydrogen-bond donors (Lipinski definition) is 0. The Hall–Kier alpha value is -1.87. The van der Waals surface area contributed by atoms with E-state index in [9.17, 15) is 4.79 Å². The Labute approximate surface area is 129 Å². The fourth-order valence-electron chi connectivity index (χ4n) is 2.90. The van der Waals surface area contributed by atoms with Crippen molar-refractivity contribution in [1.29, 1.82) is 0 Å². The summed E-state index contributed by atoms with van der Waals surface area (Å²) in [4.78, 5) is 12.6. The zero-order chi connectivity index (χ0) is 15.0. The maximum absolute atomic E-state index is 12.0. The summed E-state index contributed by atoms with van der Waals surface area (Å²) in [5.41, 5.74) is 3.93. The second kappa shape index (κ2) is 5.15. The SMILES string of the molecule is CC1=CC(C)(C)Cc2ccc(OC(=O)c3cccs3)cc21. The van der Waals surface area contributed by atoms with E-state index >= 15 is 0 Å². The molecule has 2 nitrogen and oxygen atoms in total. The van der Waals surface area contributed by atoms with Crippen LogP contribution < -0.4 is 4.74 Å². The van der Waals surface area contributed by atoms with Crippen LogP contribution >= 0.6 is 11.3 Å². The third kappa shape index (κ3) is 2.93. The van der Waals surface area contributed by atoms with Crippen LogP contribution in [0.5, 0.6) is 5.75 Å². The first-order chi connectivity index (χ1) is 9.94. The van der Waals surface area contributed by atoms with Crippen LogP contribution in [0.4, 0.5) is 0 Å². The minimum absolute atomic E-state index is 0.187. The first kappa shape index (κ1) is 14.1. The van der Waals surface area contributed by atoms with Crippen molar-refractivity contribution in [3.8, 4) is 5.75 Å². The Bertz CT molecular complexity index is 709. The van der Waals surface area contributed by atoms with Crippen LogP contribution in [0, 0.1) is 5.41 Å². The molecule has 3 heteroatoms. The monoisotopic (exact) mass is 298 g/mol. The smallest absolute Gasteiger partial charge is 0.353 e. The van der Waals surface area contributed by atoms with Gasteiger partial charge < -0.3 is 4.74 Å². The van der Waals surface area contributed by atoms with Crippen LogP contribution in [0.2, 0.25) is 0 Å². The van der Waals surface area contributed by atoms with Crippen molar-refractivity contribution in [3.05, 3.63) is 57.8 Å². The van der Waals surface area contributed by atoms with Crippen molar-refractivity contribution in [2.24, 2.45) is 5.41 Å². The average Bonchev–Trinajstić information content (AvgIpc) is 2.92. The van der Waals surface area contributed by atoms with Gasteiger partial charge in [-0.2, -0.15) is 0 Å². The molecule has 1 aliphatic carbocycles. The highest BCUT2D eigenvalue weighted by molar-refractivity contribution is 7.12. The molecule has 0 spiro atoms. The van der Waals surface area contributed by atoms with E-state index < -0.39 is 0 Å². The Morgan fingerprint density at radius 3 is 2.81 bits per heavy atom. The van der Waals surface area contributed by atoms with Gasteiger partial charge in [-0.05, 0) is 59.0 Å². The largest absolute Gasteiger partial charge is 0.422 e. The van der Waals surface area contributed by atoms with E-state index in [4.69, 9.17) is 4.74 Å². The van der Waals surface area contributed by atoms with Gasteiger partial charge in [-0.25, -0.2) is 4.79 Å². The van der Waals surface area contributed by atoms with Gasteiger partial charge in [0.15, 0.2) is 0 Å². The topological polar surface area (TPSA) is 26.3 Å². The van der Waals surface area contributed by atoms with Crippen LogP contribution in [0.1, 0.15) is 41.6 Å². The number of esters is 1. The molecule has 1 aromatic carbocycles. The molecule has 3 rings (SSSR count). The quantitative estimate of drug-likeness (QED) is 0.579. The molecule has 1 aliphatic rings. The molecular weight excluding hydrogens is 280 g/mol. The summed E-state index contributed by atoms with van der Waals surface area (Å²) in [6, 6.07) is 9.56. The molecule has 0 bridgehead atoms. The highest BCUT2D eigenvalue weighted by Crippen LogP contribution is 2.37. The summed E-state index contributed by atoms with van der Waals surface area (Å²) in [7, 11) is 0. The molecule has 0 N–H and O–H groups in total. The van der Waals surface area contributed by atoms with Crippen molar-refractivity contribution in [2.75, 3.05) is 0 Å². The molecule has 108 valence electrons. The molecule has 0 atom stereocenters. The van der Waals surface area contributed by atoms with Crippen LogP contribution in [0.15, 0.2) is 41.8 Å². The summed E-state index contributed by atoms with van der Waals surface area (Å²) >= 11 is 1.39. The molecule has 0 saturated carbocycles. The van der Waals surface area contributed by atoms with Crippen LogP contribution in [0.25, 0.3) is 5.57 Å². The highest BCUT2D eigenvalue weighted by atomic mass is 32.1. The van der Waals surface area contributed by atoms with Gasteiger partial charge in [-0.1, -0.05) is 32.1 Å². The lowest BCUT2D eigenvalue weighted by Crippen LogP contribution is -2.17. The lowest BCUT2D eigenvalue weighted by molar-refractivity contribution is 0.0739. The summed E-state index contributed by atoms with van der Waals surface area (Å²) in [5.74, 6) is 0.322. The second-order valence-electron chi connectivity index (χ2n) is 6.18. The van der Waals surface area contributed by atoms with E-state index in [1.807, 2.05) is 23.6 Å². The minimum Gasteiger partial charge on any atom is -0.422 e. The summed E-state index contributed by atoms with van der Waals surface area (Å²) in [5, 5.41) is 1.87. The number of rotatable bonds is 2. The Morgan fingerprint density at radius 1 is 1.29 bits per heavy atom. The summed E-state index contributed by atoms with van der Waals surface area (Å²) in [6.07, 6.45) is 3.30. The first-order valence-corrected chi connectivity index (χ1v) is 7.91. The molecule has 0 fully saturated rings. The van der Waals surface area contributed by atoms with Gasteiger partial charge in [0.25, 0.3) is 0 Å². The number of thiophene rings is 1. The molecule has 0 saturated heterocycles. The normalized spacial score (nSPS) is 16.0. The highest BCUT2D eigenvalue weighted by Gasteiger charge is 2.24. The number of carbonyl (C=O) groups excluding carboxylic acids is 1. The lowest BCUT2D eigenvalue weighted by Gasteiger charge is -2.29. The van der Waals surface area contributed by atoms with Crippen molar-refractivity contribution >= 4 is 22.9 Å². The van der Waals surface area contributed by atoms with E-state index in [1.54, 1.807) is 6.07 Å². The van der Waals surface area contributed by atoms with Crippen LogP contribution in [-0.4, -0.2) is 5.97 Å². The Balaban J connectivity index is 1.87. The maximum Gasteiger partial charge on any atom is 0.353 e. The molecule has 21 heavy (non-hydrogen) atoms. The van der Waals surface area contributed by atoms with Gasteiger partial charge in [0.1, 0.15) is 10.6 Å². The van der Waals surface area contributed by atoms with E-state index in [-0.39, 0.29) is 11.4 Å². The molecule has 0 radical (unpaired) electrons. The fraction of sp³-hybridized carbons (Fsp3) is 0.278.